The smallest absolute Gasteiger partial charge is 0.160 e. The lowest BCUT2D eigenvalue weighted by Gasteiger charge is -2.12. The van der Waals surface area contributed by atoms with Crippen LogP contribution >= 0.6 is 11.5 Å². The maximum absolute atomic E-state index is 9.68. The molecule has 0 bridgehead atoms. The Balaban J connectivity index is 1.87. The molecular weight excluding hydrogens is 190 g/mol. The Hall–Kier alpha value is -0.490. The fourth-order valence-corrected chi connectivity index (χ4v) is 1.82. The Labute approximate surface area is 80.3 Å². The van der Waals surface area contributed by atoms with Crippen LogP contribution in [0.15, 0.2) is 12.3 Å². The lowest BCUT2D eigenvalue weighted by molar-refractivity contribution is -0.0702. The molecule has 72 valence electrons. The van der Waals surface area contributed by atoms with Crippen molar-refractivity contribution in [2.24, 2.45) is 0 Å². The molecule has 1 saturated heterocycles. The van der Waals surface area contributed by atoms with Gasteiger partial charge in [-0.15, -0.1) is 0 Å². The number of rotatable bonds is 3. The molecule has 1 aromatic rings. The first kappa shape index (κ1) is 9.08. The van der Waals surface area contributed by atoms with Crippen molar-refractivity contribution in [3.63, 3.8) is 0 Å². The topological polar surface area (TPSA) is 51.6 Å². The highest BCUT2D eigenvalue weighted by Crippen LogP contribution is 2.23. The highest BCUT2D eigenvalue weighted by Gasteiger charge is 2.21. The lowest BCUT2D eigenvalue weighted by atomic mass is 10.2. The third-order valence-electron chi connectivity index (χ3n) is 1.89. The zero-order valence-electron chi connectivity index (χ0n) is 7.05. The highest BCUT2D eigenvalue weighted by atomic mass is 32.1. The molecular formula is C8H11NO3S. The largest absolute Gasteiger partial charge is 0.387 e. The summed E-state index contributed by atoms with van der Waals surface area (Å²) in [6, 6.07) is 1.81. The number of hydrogen-bond donors (Lipinski definition) is 1. The molecule has 13 heavy (non-hydrogen) atoms. The summed E-state index contributed by atoms with van der Waals surface area (Å²) in [7, 11) is 0. The summed E-state index contributed by atoms with van der Waals surface area (Å²) in [5.41, 5.74) is 0. The summed E-state index contributed by atoms with van der Waals surface area (Å²) < 4.78 is 14.4. The average Bonchev–Trinajstić information content (AvgIpc) is 2.74. The molecule has 1 fully saturated rings. The Kier molecular flexibility index (Phi) is 2.90. The Bertz CT molecular complexity index is 246. The zero-order chi connectivity index (χ0) is 9.10. The van der Waals surface area contributed by atoms with E-state index in [2.05, 4.69) is 4.37 Å². The number of hydrogen-bond acceptors (Lipinski definition) is 5. The third-order valence-corrected chi connectivity index (χ3v) is 2.74. The van der Waals surface area contributed by atoms with Crippen molar-refractivity contribution in [2.75, 3.05) is 13.2 Å². The van der Waals surface area contributed by atoms with E-state index in [0.29, 0.717) is 19.6 Å². The minimum atomic E-state index is -0.518. The zero-order valence-corrected chi connectivity index (χ0v) is 7.87. The quantitative estimate of drug-likeness (QED) is 0.790. The van der Waals surface area contributed by atoms with Gasteiger partial charge in [0.15, 0.2) is 6.29 Å². The third kappa shape index (κ3) is 2.25. The van der Waals surface area contributed by atoms with Gasteiger partial charge >= 0.3 is 0 Å². The van der Waals surface area contributed by atoms with Gasteiger partial charge in [0.2, 0.25) is 0 Å². The van der Waals surface area contributed by atoms with E-state index in [1.54, 1.807) is 6.20 Å². The Morgan fingerprint density at radius 1 is 1.62 bits per heavy atom. The number of aromatic nitrogens is 1. The van der Waals surface area contributed by atoms with Gasteiger partial charge in [-0.2, -0.15) is 0 Å². The van der Waals surface area contributed by atoms with Crippen molar-refractivity contribution in [2.45, 2.75) is 18.8 Å². The summed E-state index contributed by atoms with van der Waals surface area (Å²) in [6.07, 6.45) is 1.40. The molecule has 2 heterocycles. The Morgan fingerprint density at radius 2 is 2.38 bits per heavy atom. The van der Waals surface area contributed by atoms with Crippen molar-refractivity contribution in [1.82, 2.24) is 4.37 Å². The molecule has 0 spiro atoms. The summed E-state index contributed by atoms with van der Waals surface area (Å²) in [6.45, 7) is 1.25. The van der Waals surface area contributed by atoms with Gasteiger partial charge in [0.1, 0.15) is 0 Å². The van der Waals surface area contributed by atoms with Crippen LogP contribution in [0.4, 0.5) is 0 Å². The first-order valence-electron chi connectivity index (χ1n) is 4.18. The van der Waals surface area contributed by atoms with Crippen LogP contribution in [0.1, 0.15) is 17.4 Å². The van der Waals surface area contributed by atoms with Gasteiger partial charge in [0.25, 0.3) is 0 Å². The second-order valence-electron chi connectivity index (χ2n) is 2.84. The van der Waals surface area contributed by atoms with Crippen LogP contribution < -0.4 is 0 Å². The van der Waals surface area contributed by atoms with Crippen LogP contribution in [0.5, 0.6) is 0 Å². The van der Waals surface area contributed by atoms with E-state index in [0.717, 1.165) is 4.88 Å². The summed E-state index contributed by atoms with van der Waals surface area (Å²) in [4.78, 5) is 0.860. The van der Waals surface area contributed by atoms with Crippen LogP contribution in [0.2, 0.25) is 0 Å². The predicted octanol–water partition coefficient (Wildman–Crippen LogP) is 0.940. The summed E-state index contributed by atoms with van der Waals surface area (Å²) >= 11 is 1.30. The molecule has 1 atom stereocenters. The monoisotopic (exact) mass is 201 g/mol. The van der Waals surface area contributed by atoms with Gasteiger partial charge in [0.05, 0.1) is 24.2 Å². The molecule has 1 unspecified atom stereocenters. The fraction of sp³-hybridized carbons (Fsp3) is 0.625. The van der Waals surface area contributed by atoms with Gasteiger partial charge < -0.3 is 14.6 Å². The van der Waals surface area contributed by atoms with Crippen molar-refractivity contribution in [3.05, 3.63) is 17.1 Å². The molecule has 1 aromatic heterocycles. The van der Waals surface area contributed by atoms with E-state index < -0.39 is 6.10 Å². The minimum Gasteiger partial charge on any atom is -0.387 e. The predicted molar refractivity (Wildman–Crippen MR) is 47.4 cm³/mol. The van der Waals surface area contributed by atoms with Gasteiger partial charge in [-0.25, -0.2) is 4.37 Å². The van der Waals surface area contributed by atoms with E-state index in [1.807, 2.05) is 6.07 Å². The van der Waals surface area contributed by atoms with Gasteiger partial charge in [-0.05, 0) is 17.6 Å². The number of nitrogens with zero attached hydrogens (tertiary/aromatic N) is 1. The minimum absolute atomic E-state index is 0.253. The molecule has 0 radical (unpaired) electrons. The molecule has 1 N–H and O–H groups in total. The summed E-state index contributed by atoms with van der Waals surface area (Å²) in [5.74, 6) is 0. The number of aliphatic hydroxyl groups is 1. The van der Waals surface area contributed by atoms with Crippen molar-refractivity contribution in [1.29, 1.82) is 0 Å². The van der Waals surface area contributed by atoms with Crippen molar-refractivity contribution in [3.8, 4) is 0 Å². The number of ether oxygens (including phenoxy) is 2. The van der Waals surface area contributed by atoms with E-state index in [4.69, 9.17) is 9.47 Å². The maximum Gasteiger partial charge on any atom is 0.160 e. The van der Waals surface area contributed by atoms with E-state index in [9.17, 15) is 5.11 Å². The molecule has 0 aromatic carbocycles. The molecule has 2 rings (SSSR count). The van der Waals surface area contributed by atoms with E-state index in [-0.39, 0.29) is 6.29 Å². The van der Waals surface area contributed by atoms with Gasteiger partial charge in [0, 0.05) is 12.6 Å². The van der Waals surface area contributed by atoms with Crippen LogP contribution in [0.3, 0.4) is 0 Å². The van der Waals surface area contributed by atoms with Crippen LogP contribution in [-0.2, 0) is 9.47 Å². The standard InChI is InChI=1S/C8H11NO3S/c10-6(7-1-2-9-13-7)5-8-11-3-4-12-8/h1-2,6,8,10H,3-5H2. The maximum atomic E-state index is 9.68. The molecule has 0 aliphatic carbocycles. The average molecular weight is 201 g/mol. The van der Waals surface area contributed by atoms with Crippen LogP contribution in [-0.4, -0.2) is 29.0 Å². The molecule has 0 saturated carbocycles. The first-order chi connectivity index (χ1) is 6.36. The Morgan fingerprint density at radius 3 is 3.00 bits per heavy atom. The molecule has 5 heteroatoms. The van der Waals surface area contributed by atoms with Gasteiger partial charge in [-0.3, -0.25) is 0 Å². The molecule has 1 aliphatic rings. The van der Waals surface area contributed by atoms with E-state index in [1.165, 1.54) is 11.5 Å². The van der Waals surface area contributed by atoms with E-state index >= 15 is 0 Å². The second kappa shape index (κ2) is 4.15. The first-order valence-corrected chi connectivity index (χ1v) is 4.95. The van der Waals surface area contributed by atoms with Crippen molar-refractivity contribution < 1.29 is 14.6 Å². The van der Waals surface area contributed by atoms with Gasteiger partial charge in [-0.1, -0.05) is 0 Å². The lowest BCUT2D eigenvalue weighted by Crippen LogP contribution is -2.12. The SMILES string of the molecule is OC(CC1OCCO1)c1ccns1. The normalized spacial score (nSPS) is 20.7. The van der Waals surface area contributed by atoms with Crippen LogP contribution in [0, 0.1) is 0 Å². The van der Waals surface area contributed by atoms with Crippen LogP contribution in [0.25, 0.3) is 0 Å². The molecule has 4 nitrogen and oxygen atoms in total. The second-order valence-corrected chi connectivity index (χ2v) is 3.70. The fourth-order valence-electron chi connectivity index (χ4n) is 1.24. The number of aliphatic hydroxyl groups excluding tert-OH is 1. The summed E-state index contributed by atoms with van der Waals surface area (Å²) in [5, 5.41) is 9.68. The van der Waals surface area contributed by atoms with Crippen molar-refractivity contribution >= 4 is 11.5 Å². The molecule has 1 aliphatic heterocycles. The highest BCUT2D eigenvalue weighted by molar-refractivity contribution is 7.05. The molecule has 0 amide bonds.